The molecule has 0 saturated heterocycles. The monoisotopic (exact) mass is 316 g/mol. The second-order valence-corrected chi connectivity index (χ2v) is 5.92. The number of nitrogens with zero attached hydrogens (tertiary/aromatic N) is 2. The van der Waals surface area contributed by atoms with E-state index < -0.39 is 5.60 Å². The standard InChI is InChI=1S/C7H9N2S.C4H10O.Y/c1-5-9-6-2-3-8-4-7(6)10-5;1-4(2,3)5;/h2-4H2,1H3;5H,1-3H3;/q-1;;. The minimum atomic E-state index is -0.500. The minimum absolute atomic E-state index is 0. The molecule has 0 saturated carbocycles. The van der Waals surface area contributed by atoms with Crippen LogP contribution < -0.4 is 0 Å². The Morgan fingerprint density at radius 1 is 1.38 bits per heavy atom. The van der Waals surface area contributed by atoms with Gasteiger partial charge in [-0.05, 0) is 34.1 Å². The molecule has 1 N–H and O–H groups in total. The van der Waals surface area contributed by atoms with Gasteiger partial charge in [-0.2, -0.15) is 0 Å². The molecule has 2 heterocycles. The number of thiazole rings is 1. The molecule has 0 unspecified atom stereocenters. The van der Waals surface area contributed by atoms with E-state index in [0.717, 1.165) is 19.5 Å². The molecular formula is C11H19N2OSY-. The van der Waals surface area contributed by atoms with Gasteiger partial charge in [0.2, 0.25) is 0 Å². The van der Waals surface area contributed by atoms with Gasteiger partial charge in [-0.15, -0.1) is 24.4 Å². The van der Waals surface area contributed by atoms with Crippen molar-refractivity contribution in [2.45, 2.75) is 46.3 Å². The van der Waals surface area contributed by atoms with Crippen molar-refractivity contribution in [2.75, 3.05) is 6.54 Å². The fourth-order valence-corrected chi connectivity index (χ4v) is 2.13. The van der Waals surface area contributed by atoms with Crippen molar-refractivity contribution in [3.63, 3.8) is 0 Å². The van der Waals surface area contributed by atoms with Gasteiger partial charge in [0.1, 0.15) is 0 Å². The normalized spacial score (nSPS) is 14.3. The minimum Gasteiger partial charge on any atom is -0.657 e. The second-order valence-electron chi connectivity index (χ2n) is 4.63. The third-order valence-electron chi connectivity index (χ3n) is 1.65. The van der Waals surface area contributed by atoms with Crippen molar-refractivity contribution < 1.29 is 37.8 Å². The Morgan fingerprint density at radius 3 is 2.44 bits per heavy atom. The molecule has 0 atom stereocenters. The topological polar surface area (TPSA) is 47.2 Å². The summed E-state index contributed by atoms with van der Waals surface area (Å²) in [5, 5.41) is 14.0. The largest absolute Gasteiger partial charge is 0.657 e. The van der Waals surface area contributed by atoms with Crippen molar-refractivity contribution >= 4 is 11.3 Å². The van der Waals surface area contributed by atoms with Crippen LogP contribution in [0.2, 0.25) is 0 Å². The first kappa shape index (κ1) is 16.7. The van der Waals surface area contributed by atoms with Crippen LogP contribution in [-0.4, -0.2) is 22.2 Å². The number of hydrogen-bond donors (Lipinski definition) is 1. The van der Waals surface area contributed by atoms with Crippen LogP contribution in [0.1, 0.15) is 36.3 Å². The molecule has 0 amide bonds. The van der Waals surface area contributed by atoms with E-state index in [2.05, 4.69) is 17.2 Å². The Kier molecular flexibility index (Phi) is 7.46. The van der Waals surface area contributed by atoms with Gasteiger partial charge in [0, 0.05) is 37.6 Å². The molecule has 0 bridgehead atoms. The molecule has 1 aromatic rings. The number of rotatable bonds is 0. The molecule has 89 valence electrons. The summed E-state index contributed by atoms with van der Waals surface area (Å²) < 4.78 is 0. The Balaban J connectivity index is 0.000000330. The molecule has 0 aliphatic carbocycles. The fraction of sp³-hybridized carbons (Fsp3) is 0.727. The van der Waals surface area contributed by atoms with Gasteiger partial charge >= 0.3 is 0 Å². The van der Waals surface area contributed by atoms with Crippen molar-refractivity contribution in [1.29, 1.82) is 0 Å². The maximum absolute atomic E-state index is 8.52. The molecule has 0 spiro atoms. The van der Waals surface area contributed by atoms with E-state index in [9.17, 15) is 0 Å². The van der Waals surface area contributed by atoms with Gasteiger partial charge in [-0.3, -0.25) is 0 Å². The zero-order valence-electron chi connectivity index (χ0n) is 10.4. The first-order valence-corrected chi connectivity index (χ1v) is 5.99. The molecular weight excluding hydrogens is 297 g/mol. The first-order valence-electron chi connectivity index (χ1n) is 5.17. The van der Waals surface area contributed by atoms with E-state index in [-0.39, 0.29) is 32.7 Å². The second kappa shape index (κ2) is 7.17. The molecule has 0 fully saturated rings. The number of aromatic nitrogens is 1. The van der Waals surface area contributed by atoms with Crippen molar-refractivity contribution in [3.8, 4) is 0 Å². The van der Waals surface area contributed by atoms with Crippen molar-refractivity contribution in [2.24, 2.45) is 0 Å². The zero-order chi connectivity index (χ0) is 11.5. The van der Waals surface area contributed by atoms with Gasteiger partial charge in [-0.25, -0.2) is 4.98 Å². The third-order valence-corrected chi connectivity index (χ3v) is 2.65. The SMILES string of the molecule is CC(C)(C)O.Cc1nc2c(s1)C[N-]CC2.[Y]. The number of hydrogen-bond acceptors (Lipinski definition) is 3. The van der Waals surface area contributed by atoms with Crippen LogP contribution in [0.4, 0.5) is 0 Å². The number of aliphatic hydroxyl groups is 1. The maximum Gasteiger partial charge on any atom is 0.0899 e. The van der Waals surface area contributed by atoms with Crippen LogP contribution in [0.5, 0.6) is 0 Å². The molecule has 3 nitrogen and oxygen atoms in total. The van der Waals surface area contributed by atoms with Gasteiger partial charge in [0.15, 0.2) is 0 Å². The Hall–Kier alpha value is 0.654. The summed E-state index contributed by atoms with van der Waals surface area (Å²) >= 11 is 1.79. The summed E-state index contributed by atoms with van der Waals surface area (Å²) in [6.07, 6.45) is 1.06. The predicted molar refractivity (Wildman–Crippen MR) is 64.5 cm³/mol. The molecule has 1 aliphatic rings. The Bertz CT molecular complexity index is 291. The van der Waals surface area contributed by atoms with Crippen molar-refractivity contribution in [3.05, 3.63) is 20.9 Å². The third kappa shape index (κ3) is 7.07. The molecule has 5 heteroatoms. The Morgan fingerprint density at radius 2 is 1.94 bits per heavy atom. The van der Waals surface area contributed by atoms with E-state index in [1.165, 1.54) is 15.6 Å². The molecule has 0 aromatic carbocycles. The molecule has 1 radical (unpaired) electrons. The first-order chi connectivity index (χ1) is 6.86. The summed E-state index contributed by atoms with van der Waals surface area (Å²) in [7, 11) is 0. The smallest absolute Gasteiger partial charge is 0.0899 e. The Labute approximate surface area is 127 Å². The number of aryl methyl sites for hydroxylation is 1. The van der Waals surface area contributed by atoms with Crippen LogP contribution in [0.15, 0.2) is 0 Å². The predicted octanol–water partition coefficient (Wildman–Crippen LogP) is 2.66. The van der Waals surface area contributed by atoms with E-state index in [4.69, 9.17) is 5.11 Å². The van der Waals surface area contributed by atoms with Gasteiger partial charge in [-0.1, -0.05) is 0 Å². The molecule has 2 rings (SSSR count). The summed E-state index contributed by atoms with van der Waals surface area (Å²) in [6, 6.07) is 0. The van der Waals surface area contributed by atoms with Gasteiger partial charge < -0.3 is 10.4 Å². The average molecular weight is 316 g/mol. The van der Waals surface area contributed by atoms with Crippen LogP contribution >= 0.6 is 11.3 Å². The van der Waals surface area contributed by atoms with E-state index in [1.807, 2.05) is 0 Å². The van der Waals surface area contributed by atoms with Gasteiger partial charge in [0.05, 0.1) is 16.3 Å². The van der Waals surface area contributed by atoms with E-state index in [0.29, 0.717) is 0 Å². The van der Waals surface area contributed by atoms with Crippen LogP contribution in [0, 0.1) is 6.92 Å². The summed E-state index contributed by atoms with van der Waals surface area (Å²) in [5.41, 5.74) is 0.789. The summed E-state index contributed by atoms with van der Waals surface area (Å²) in [5.74, 6) is 0. The molecule has 1 aliphatic heterocycles. The van der Waals surface area contributed by atoms with Crippen LogP contribution in [-0.2, 0) is 45.7 Å². The van der Waals surface area contributed by atoms with Crippen LogP contribution in [0.3, 0.4) is 0 Å². The average Bonchev–Trinajstić information content (AvgIpc) is 2.40. The van der Waals surface area contributed by atoms with E-state index in [1.54, 1.807) is 32.1 Å². The van der Waals surface area contributed by atoms with Crippen LogP contribution in [0.25, 0.3) is 5.32 Å². The van der Waals surface area contributed by atoms with Crippen molar-refractivity contribution in [1.82, 2.24) is 4.98 Å². The molecule has 1 aromatic heterocycles. The fourth-order valence-electron chi connectivity index (χ4n) is 1.20. The zero-order valence-corrected chi connectivity index (χ0v) is 14.1. The van der Waals surface area contributed by atoms with Gasteiger partial charge in [0.25, 0.3) is 0 Å². The van der Waals surface area contributed by atoms with E-state index >= 15 is 0 Å². The summed E-state index contributed by atoms with van der Waals surface area (Å²) in [4.78, 5) is 5.79. The summed E-state index contributed by atoms with van der Waals surface area (Å²) in [6.45, 7) is 9.16. The maximum atomic E-state index is 8.52. The quantitative estimate of drug-likeness (QED) is 0.800. The molecule has 16 heavy (non-hydrogen) atoms. The number of fused-ring (bicyclic) bond motifs is 1.